The lowest BCUT2D eigenvalue weighted by Gasteiger charge is -2.24. The van der Waals surface area contributed by atoms with Crippen LogP contribution in [0.15, 0.2) is 48.5 Å². The second-order valence-corrected chi connectivity index (χ2v) is 4.87. The van der Waals surface area contributed by atoms with E-state index in [0.29, 0.717) is 5.56 Å². The van der Waals surface area contributed by atoms with Gasteiger partial charge in [-0.15, -0.1) is 0 Å². The van der Waals surface area contributed by atoms with Crippen molar-refractivity contribution in [2.45, 2.75) is 32.3 Å². The Labute approximate surface area is 113 Å². The van der Waals surface area contributed by atoms with E-state index >= 15 is 0 Å². The fourth-order valence-electron chi connectivity index (χ4n) is 2.49. The minimum absolute atomic E-state index is 0.0123. The molecule has 0 saturated carbocycles. The van der Waals surface area contributed by atoms with Crippen LogP contribution in [0.25, 0.3) is 0 Å². The van der Waals surface area contributed by atoms with Crippen LogP contribution >= 0.6 is 0 Å². The molecule has 0 fully saturated rings. The SMILES string of the molecule is CCC(c1ccccc1)C(O)c1cc(F)ccc1C. The van der Waals surface area contributed by atoms with Gasteiger partial charge in [-0.05, 0) is 42.2 Å². The Balaban J connectivity index is 2.36. The summed E-state index contributed by atoms with van der Waals surface area (Å²) in [5.41, 5.74) is 2.68. The molecule has 2 rings (SSSR count). The lowest BCUT2D eigenvalue weighted by molar-refractivity contribution is 0.141. The summed E-state index contributed by atoms with van der Waals surface area (Å²) in [7, 11) is 0. The number of aryl methyl sites for hydroxylation is 1. The van der Waals surface area contributed by atoms with E-state index in [1.165, 1.54) is 12.1 Å². The number of aliphatic hydroxyl groups excluding tert-OH is 1. The molecule has 2 unspecified atom stereocenters. The van der Waals surface area contributed by atoms with Gasteiger partial charge in [0.1, 0.15) is 5.82 Å². The van der Waals surface area contributed by atoms with Crippen molar-refractivity contribution in [2.75, 3.05) is 0 Å². The number of aliphatic hydroxyl groups is 1. The molecular formula is C17H19FO. The molecule has 1 N–H and O–H groups in total. The van der Waals surface area contributed by atoms with Crippen molar-refractivity contribution >= 4 is 0 Å². The second kappa shape index (κ2) is 5.98. The fraction of sp³-hybridized carbons (Fsp3) is 0.294. The van der Waals surface area contributed by atoms with Gasteiger partial charge >= 0.3 is 0 Å². The molecule has 0 amide bonds. The molecule has 0 aliphatic heterocycles. The van der Waals surface area contributed by atoms with Crippen LogP contribution in [0, 0.1) is 12.7 Å². The van der Waals surface area contributed by atoms with E-state index in [0.717, 1.165) is 17.5 Å². The molecule has 0 radical (unpaired) electrons. The van der Waals surface area contributed by atoms with Gasteiger partial charge in [0.25, 0.3) is 0 Å². The number of rotatable bonds is 4. The zero-order valence-electron chi connectivity index (χ0n) is 11.3. The van der Waals surface area contributed by atoms with E-state index in [4.69, 9.17) is 0 Å². The van der Waals surface area contributed by atoms with Gasteiger partial charge in [0.05, 0.1) is 6.10 Å². The topological polar surface area (TPSA) is 20.2 Å². The van der Waals surface area contributed by atoms with E-state index in [2.05, 4.69) is 0 Å². The summed E-state index contributed by atoms with van der Waals surface area (Å²) < 4.78 is 13.4. The van der Waals surface area contributed by atoms with Crippen molar-refractivity contribution in [1.29, 1.82) is 0 Å². The average Bonchev–Trinajstić information content (AvgIpc) is 2.43. The summed E-state index contributed by atoms with van der Waals surface area (Å²) in [5.74, 6) is -0.315. The molecule has 0 spiro atoms. The molecule has 0 aliphatic rings. The predicted octanol–water partition coefficient (Wildman–Crippen LogP) is 4.36. The molecule has 0 saturated heterocycles. The summed E-state index contributed by atoms with van der Waals surface area (Å²) in [6.07, 6.45) is 0.129. The monoisotopic (exact) mass is 258 g/mol. The van der Waals surface area contributed by atoms with Crippen LogP contribution in [0.2, 0.25) is 0 Å². The van der Waals surface area contributed by atoms with Crippen molar-refractivity contribution in [3.05, 3.63) is 71.0 Å². The summed E-state index contributed by atoms with van der Waals surface area (Å²) in [6, 6.07) is 14.5. The van der Waals surface area contributed by atoms with E-state index in [-0.39, 0.29) is 11.7 Å². The van der Waals surface area contributed by atoms with Gasteiger partial charge in [-0.3, -0.25) is 0 Å². The van der Waals surface area contributed by atoms with E-state index in [1.807, 2.05) is 44.2 Å². The van der Waals surface area contributed by atoms with Crippen molar-refractivity contribution in [3.63, 3.8) is 0 Å². The first-order valence-electron chi connectivity index (χ1n) is 6.62. The van der Waals surface area contributed by atoms with E-state index in [9.17, 15) is 9.50 Å². The minimum atomic E-state index is -0.678. The minimum Gasteiger partial charge on any atom is -0.388 e. The molecule has 0 heterocycles. The summed E-state index contributed by atoms with van der Waals surface area (Å²) in [6.45, 7) is 3.94. The highest BCUT2D eigenvalue weighted by Crippen LogP contribution is 2.35. The van der Waals surface area contributed by atoms with Gasteiger partial charge in [-0.2, -0.15) is 0 Å². The van der Waals surface area contributed by atoms with Crippen molar-refractivity contribution in [2.24, 2.45) is 0 Å². The largest absolute Gasteiger partial charge is 0.388 e. The van der Waals surface area contributed by atoms with Gasteiger partial charge in [0, 0.05) is 5.92 Å². The standard InChI is InChI=1S/C17H19FO/c1-3-15(13-7-5-4-6-8-13)17(19)16-11-14(18)10-9-12(16)2/h4-11,15,17,19H,3H2,1-2H3. The fourth-order valence-corrected chi connectivity index (χ4v) is 2.49. The third-order valence-corrected chi connectivity index (χ3v) is 3.61. The number of benzene rings is 2. The third-order valence-electron chi connectivity index (χ3n) is 3.61. The molecule has 0 bridgehead atoms. The zero-order valence-corrected chi connectivity index (χ0v) is 11.3. The zero-order chi connectivity index (χ0) is 13.8. The second-order valence-electron chi connectivity index (χ2n) is 4.87. The van der Waals surface area contributed by atoms with Gasteiger partial charge in [0.15, 0.2) is 0 Å². The molecule has 2 aromatic rings. The van der Waals surface area contributed by atoms with Gasteiger partial charge in [-0.1, -0.05) is 43.3 Å². The summed E-state index contributed by atoms with van der Waals surface area (Å²) in [5, 5.41) is 10.6. The van der Waals surface area contributed by atoms with Crippen molar-refractivity contribution in [1.82, 2.24) is 0 Å². The smallest absolute Gasteiger partial charge is 0.123 e. The predicted molar refractivity (Wildman–Crippen MR) is 75.6 cm³/mol. The average molecular weight is 258 g/mol. The van der Waals surface area contributed by atoms with E-state index in [1.54, 1.807) is 6.07 Å². The highest BCUT2D eigenvalue weighted by atomic mass is 19.1. The molecular weight excluding hydrogens is 239 g/mol. The first kappa shape index (κ1) is 13.8. The van der Waals surface area contributed by atoms with Crippen LogP contribution < -0.4 is 0 Å². The Bertz CT molecular complexity index is 536. The number of hydrogen-bond acceptors (Lipinski definition) is 1. The Morgan fingerprint density at radius 3 is 2.42 bits per heavy atom. The quantitative estimate of drug-likeness (QED) is 0.863. The normalized spacial score (nSPS) is 14.1. The van der Waals surface area contributed by atoms with Crippen molar-refractivity contribution < 1.29 is 9.50 Å². The molecule has 0 aromatic heterocycles. The molecule has 0 aliphatic carbocycles. The Kier molecular flexibility index (Phi) is 4.33. The van der Waals surface area contributed by atoms with Crippen LogP contribution in [0.1, 0.15) is 42.1 Å². The lowest BCUT2D eigenvalue weighted by Crippen LogP contribution is -2.11. The van der Waals surface area contributed by atoms with Crippen molar-refractivity contribution in [3.8, 4) is 0 Å². The summed E-state index contributed by atoms with van der Waals surface area (Å²) in [4.78, 5) is 0. The van der Waals surface area contributed by atoms with Gasteiger partial charge < -0.3 is 5.11 Å². The lowest BCUT2D eigenvalue weighted by atomic mass is 9.86. The Hall–Kier alpha value is -1.67. The maximum absolute atomic E-state index is 13.4. The van der Waals surface area contributed by atoms with Gasteiger partial charge in [0.2, 0.25) is 0 Å². The Morgan fingerprint density at radius 1 is 1.11 bits per heavy atom. The highest BCUT2D eigenvalue weighted by Gasteiger charge is 2.22. The Morgan fingerprint density at radius 2 is 1.79 bits per heavy atom. The van der Waals surface area contributed by atoms with Gasteiger partial charge in [-0.25, -0.2) is 4.39 Å². The van der Waals surface area contributed by atoms with Crippen LogP contribution in [0.4, 0.5) is 4.39 Å². The molecule has 2 aromatic carbocycles. The molecule has 2 atom stereocenters. The maximum atomic E-state index is 13.4. The molecule has 2 heteroatoms. The van der Waals surface area contributed by atoms with Crippen LogP contribution in [-0.4, -0.2) is 5.11 Å². The third kappa shape index (κ3) is 3.02. The number of hydrogen-bond donors (Lipinski definition) is 1. The first-order valence-corrected chi connectivity index (χ1v) is 6.62. The van der Waals surface area contributed by atoms with Crippen LogP contribution in [0.3, 0.4) is 0 Å². The maximum Gasteiger partial charge on any atom is 0.123 e. The summed E-state index contributed by atoms with van der Waals surface area (Å²) >= 11 is 0. The first-order chi connectivity index (χ1) is 9.13. The highest BCUT2D eigenvalue weighted by molar-refractivity contribution is 5.32. The van der Waals surface area contributed by atoms with Crippen LogP contribution in [-0.2, 0) is 0 Å². The van der Waals surface area contributed by atoms with Crippen LogP contribution in [0.5, 0.6) is 0 Å². The molecule has 1 nitrogen and oxygen atoms in total. The molecule has 19 heavy (non-hydrogen) atoms. The molecule has 100 valence electrons. The number of halogens is 1. The van der Waals surface area contributed by atoms with E-state index < -0.39 is 6.10 Å².